The molecule has 3 nitrogen and oxygen atoms in total. The van der Waals surface area contributed by atoms with Crippen LogP contribution in [0.1, 0.15) is 42.9 Å². The van der Waals surface area contributed by atoms with E-state index in [0.717, 1.165) is 29.7 Å². The van der Waals surface area contributed by atoms with Crippen LogP contribution in [0, 0.1) is 12.7 Å². The molecule has 104 valence electrons. The summed E-state index contributed by atoms with van der Waals surface area (Å²) in [7, 11) is 0. The molecule has 2 N–H and O–H groups in total. The third-order valence-electron chi connectivity index (χ3n) is 3.97. The first-order chi connectivity index (χ1) is 9.63. The third-order valence-corrected chi connectivity index (χ3v) is 3.97. The Bertz CT molecular complexity index is 634. The molecule has 1 aromatic heterocycles. The van der Waals surface area contributed by atoms with Crippen LogP contribution in [0.4, 0.5) is 10.2 Å². The predicted octanol–water partition coefficient (Wildman–Crippen LogP) is 3.83. The van der Waals surface area contributed by atoms with Gasteiger partial charge in [0.1, 0.15) is 11.6 Å². The highest BCUT2D eigenvalue weighted by molar-refractivity contribution is 5.61. The molecular weight excluding hydrogens is 253 g/mol. The highest BCUT2D eigenvalue weighted by atomic mass is 19.1. The van der Waals surface area contributed by atoms with Gasteiger partial charge in [0.15, 0.2) is 5.82 Å². The van der Waals surface area contributed by atoms with Crippen LogP contribution >= 0.6 is 0 Å². The van der Waals surface area contributed by atoms with Gasteiger partial charge in [-0.3, -0.25) is 0 Å². The molecule has 3 rings (SSSR count). The van der Waals surface area contributed by atoms with E-state index in [1.165, 1.54) is 25.0 Å². The Morgan fingerprint density at radius 1 is 1.15 bits per heavy atom. The summed E-state index contributed by atoms with van der Waals surface area (Å²) < 4.78 is 13.2. The lowest BCUT2D eigenvalue weighted by Gasteiger charge is -2.12. The maximum atomic E-state index is 13.2. The third kappa shape index (κ3) is 2.50. The van der Waals surface area contributed by atoms with E-state index in [4.69, 9.17) is 5.73 Å². The highest BCUT2D eigenvalue weighted by Crippen LogP contribution is 2.34. The van der Waals surface area contributed by atoms with Crippen molar-refractivity contribution in [3.05, 3.63) is 41.3 Å². The van der Waals surface area contributed by atoms with Gasteiger partial charge in [0, 0.05) is 23.2 Å². The number of rotatable bonds is 2. The number of nitrogen functional groups attached to an aromatic ring is 1. The molecule has 0 atom stereocenters. The Hall–Kier alpha value is -1.97. The van der Waals surface area contributed by atoms with Gasteiger partial charge in [-0.05, 0) is 43.5 Å². The Kier molecular flexibility index (Phi) is 3.38. The molecule has 0 spiro atoms. The molecule has 4 heteroatoms. The van der Waals surface area contributed by atoms with E-state index in [-0.39, 0.29) is 5.82 Å². The summed E-state index contributed by atoms with van der Waals surface area (Å²) in [6.45, 7) is 1.86. The second-order valence-corrected chi connectivity index (χ2v) is 5.48. The second kappa shape index (κ2) is 5.19. The Morgan fingerprint density at radius 3 is 2.60 bits per heavy atom. The van der Waals surface area contributed by atoms with Crippen molar-refractivity contribution in [2.45, 2.75) is 38.5 Å². The van der Waals surface area contributed by atoms with Gasteiger partial charge in [0.05, 0.1) is 0 Å². The van der Waals surface area contributed by atoms with E-state index in [0.29, 0.717) is 17.6 Å². The maximum Gasteiger partial charge on any atom is 0.162 e. The first kappa shape index (κ1) is 13.0. The fourth-order valence-corrected chi connectivity index (χ4v) is 2.91. The minimum atomic E-state index is -0.244. The van der Waals surface area contributed by atoms with Crippen molar-refractivity contribution in [1.29, 1.82) is 0 Å². The summed E-state index contributed by atoms with van der Waals surface area (Å²) in [5, 5.41) is 0. The van der Waals surface area contributed by atoms with Crippen LogP contribution < -0.4 is 5.73 Å². The largest absolute Gasteiger partial charge is 0.384 e. The van der Waals surface area contributed by atoms with Gasteiger partial charge in [0.25, 0.3) is 0 Å². The van der Waals surface area contributed by atoms with Crippen molar-refractivity contribution in [3.63, 3.8) is 0 Å². The summed E-state index contributed by atoms with van der Waals surface area (Å²) in [6, 6.07) is 6.53. The standard InChI is InChI=1S/C16H18FN3/c1-10-8-12(17)6-7-13(10)16-19-14(9-15(18)20-16)11-4-2-3-5-11/h6-9,11H,2-5H2,1H3,(H2,18,19,20). The summed E-state index contributed by atoms with van der Waals surface area (Å²) in [5.74, 6) is 1.33. The molecule has 1 aliphatic carbocycles. The number of halogens is 1. The monoisotopic (exact) mass is 271 g/mol. The van der Waals surface area contributed by atoms with Crippen molar-refractivity contribution in [3.8, 4) is 11.4 Å². The van der Waals surface area contributed by atoms with Crippen LogP contribution in [0.5, 0.6) is 0 Å². The molecule has 0 amide bonds. The zero-order valence-corrected chi connectivity index (χ0v) is 11.6. The van der Waals surface area contributed by atoms with E-state index in [1.54, 1.807) is 6.07 Å². The summed E-state index contributed by atoms with van der Waals surface area (Å²) in [4.78, 5) is 8.97. The van der Waals surface area contributed by atoms with E-state index in [2.05, 4.69) is 9.97 Å². The fourth-order valence-electron chi connectivity index (χ4n) is 2.91. The van der Waals surface area contributed by atoms with Crippen LogP contribution in [-0.2, 0) is 0 Å². The van der Waals surface area contributed by atoms with Crippen LogP contribution in [0.3, 0.4) is 0 Å². The van der Waals surface area contributed by atoms with Crippen molar-refractivity contribution in [1.82, 2.24) is 9.97 Å². The molecule has 1 aliphatic rings. The van der Waals surface area contributed by atoms with Gasteiger partial charge in [-0.2, -0.15) is 0 Å². The first-order valence-corrected chi connectivity index (χ1v) is 7.04. The van der Waals surface area contributed by atoms with E-state index >= 15 is 0 Å². The van der Waals surface area contributed by atoms with E-state index in [9.17, 15) is 4.39 Å². The SMILES string of the molecule is Cc1cc(F)ccc1-c1nc(N)cc(C2CCCC2)n1. The summed E-state index contributed by atoms with van der Waals surface area (Å²) >= 11 is 0. The smallest absolute Gasteiger partial charge is 0.162 e. The molecule has 0 aliphatic heterocycles. The second-order valence-electron chi connectivity index (χ2n) is 5.48. The zero-order valence-electron chi connectivity index (χ0n) is 11.6. The number of nitrogens with zero attached hydrogens (tertiary/aromatic N) is 2. The van der Waals surface area contributed by atoms with Crippen molar-refractivity contribution < 1.29 is 4.39 Å². The van der Waals surface area contributed by atoms with E-state index < -0.39 is 0 Å². The number of aryl methyl sites for hydroxylation is 1. The first-order valence-electron chi connectivity index (χ1n) is 7.04. The van der Waals surface area contributed by atoms with Crippen molar-refractivity contribution >= 4 is 5.82 Å². The lowest BCUT2D eigenvalue weighted by atomic mass is 10.0. The van der Waals surface area contributed by atoms with Gasteiger partial charge >= 0.3 is 0 Å². The maximum absolute atomic E-state index is 13.2. The average Bonchev–Trinajstić information content (AvgIpc) is 2.91. The summed E-state index contributed by atoms with van der Waals surface area (Å²) in [6.07, 6.45) is 4.83. The van der Waals surface area contributed by atoms with Gasteiger partial charge in [-0.25, -0.2) is 14.4 Å². The number of benzene rings is 1. The number of hydrogen-bond donors (Lipinski definition) is 1. The molecule has 0 saturated heterocycles. The number of aromatic nitrogens is 2. The van der Waals surface area contributed by atoms with Crippen LogP contribution in [-0.4, -0.2) is 9.97 Å². The quantitative estimate of drug-likeness (QED) is 0.903. The van der Waals surface area contributed by atoms with Crippen LogP contribution in [0.15, 0.2) is 24.3 Å². The Balaban J connectivity index is 2.04. The Morgan fingerprint density at radius 2 is 1.90 bits per heavy atom. The predicted molar refractivity (Wildman–Crippen MR) is 77.8 cm³/mol. The minimum Gasteiger partial charge on any atom is -0.384 e. The van der Waals surface area contributed by atoms with E-state index in [1.807, 2.05) is 13.0 Å². The van der Waals surface area contributed by atoms with Gasteiger partial charge in [0.2, 0.25) is 0 Å². The van der Waals surface area contributed by atoms with Gasteiger partial charge in [-0.15, -0.1) is 0 Å². The molecule has 0 radical (unpaired) electrons. The molecule has 2 aromatic rings. The Labute approximate surface area is 118 Å². The topological polar surface area (TPSA) is 51.8 Å². The van der Waals surface area contributed by atoms with Crippen LogP contribution in [0.2, 0.25) is 0 Å². The molecule has 1 saturated carbocycles. The average molecular weight is 271 g/mol. The number of anilines is 1. The molecule has 20 heavy (non-hydrogen) atoms. The van der Waals surface area contributed by atoms with Crippen LogP contribution in [0.25, 0.3) is 11.4 Å². The molecule has 1 aromatic carbocycles. The lowest BCUT2D eigenvalue weighted by Crippen LogP contribution is -2.04. The van der Waals surface area contributed by atoms with Crippen molar-refractivity contribution in [2.24, 2.45) is 0 Å². The lowest BCUT2D eigenvalue weighted by molar-refractivity contribution is 0.627. The zero-order chi connectivity index (χ0) is 14.1. The minimum absolute atomic E-state index is 0.244. The molecule has 1 heterocycles. The van der Waals surface area contributed by atoms with Gasteiger partial charge < -0.3 is 5.73 Å². The fraction of sp³-hybridized carbons (Fsp3) is 0.375. The normalized spacial score (nSPS) is 15.7. The molecule has 1 fully saturated rings. The highest BCUT2D eigenvalue weighted by Gasteiger charge is 2.20. The van der Waals surface area contributed by atoms with Gasteiger partial charge in [-0.1, -0.05) is 12.8 Å². The van der Waals surface area contributed by atoms with Crippen molar-refractivity contribution in [2.75, 3.05) is 5.73 Å². The molecule has 0 unspecified atom stereocenters. The number of hydrogen-bond acceptors (Lipinski definition) is 3. The molecular formula is C16H18FN3. The molecule has 0 bridgehead atoms. The summed E-state index contributed by atoms with van der Waals surface area (Å²) in [5.41, 5.74) is 8.61. The number of nitrogens with two attached hydrogens (primary N) is 1.